The third kappa shape index (κ3) is 2.88. The Balaban J connectivity index is 2.19. The lowest BCUT2D eigenvalue weighted by Crippen LogP contribution is -1.88. The second-order valence-electron chi connectivity index (χ2n) is 5.12. The zero-order valence-electron chi connectivity index (χ0n) is 12.3. The lowest BCUT2D eigenvalue weighted by atomic mass is 9.98. The molecule has 3 aromatic carbocycles. The van der Waals surface area contributed by atoms with Crippen LogP contribution >= 0.6 is 11.8 Å². The molecular formula is C20H18S. The molecule has 0 N–H and O–H groups in total. The van der Waals surface area contributed by atoms with Crippen molar-refractivity contribution in [2.45, 2.75) is 11.8 Å². The minimum atomic E-state index is 1.27. The summed E-state index contributed by atoms with van der Waals surface area (Å²) < 4.78 is 0. The van der Waals surface area contributed by atoms with Crippen LogP contribution in [0.15, 0.2) is 77.7 Å². The highest BCUT2D eigenvalue weighted by Gasteiger charge is 2.10. The van der Waals surface area contributed by atoms with E-state index < -0.39 is 0 Å². The third-order valence-electron chi connectivity index (χ3n) is 3.63. The molecule has 3 aromatic rings. The summed E-state index contributed by atoms with van der Waals surface area (Å²) in [6.45, 7) is 2.14. The molecule has 0 aliphatic rings. The van der Waals surface area contributed by atoms with Crippen LogP contribution in [-0.4, -0.2) is 6.26 Å². The lowest BCUT2D eigenvalue weighted by Gasteiger charge is -2.14. The van der Waals surface area contributed by atoms with Crippen molar-refractivity contribution >= 4 is 11.8 Å². The number of hydrogen-bond acceptors (Lipinski definition) is 1. The van der Waals surface area contributed by atoms with Gasteiger partial charge in [0.15, 0.2) is 0 Å². The van der Waals surface area contributed by atoms with Crippen LogP contribution in [0, 0.1) is 6.92 Å². The molecule has 0 aromatic heterocycles. The quantitative estimate of drug-likeness (QED) is 0.529. The lowest BCUT2D eigenvalue weighted by molar-refractivity contribution is 1.41. The van der Waals surface area contributed by atoms with Crippen LogP contribution in [0.3, 0.4) is 0 Å². The zero-order valence-corrected chi connectivity index (χ0v) is 13.2. The van der Waals surface area contributed by atoms with Crippen molar-refractivity contribution in [3.63, 3.8) is 0 Å². The molecule has 0 heterocycles. The van der Waals surface area contributed by atoms with Crippen LogP contribution < -0.4 is 0 Å². The second kappa shape index (κ2) is 6.19. The number of hydrogen-bond donors (Lipinski definition) is 0. The Kier molecular flexibility index (Phi) is 4.12. The van der Waals surface area contributed by atoms with Gasteiger partial charge in [-0.2, -0.15) is 0 Å². The molecule has 0 spiro atoms. The number of rotatable bonds is 3. The Morgan fingerprint density at radius 2 is 1.29 bits per heavy atom. The molecule has 0 fully saturated rings. The molecule has 3 rings (SSSR count). The molecule has 0 amide bonds. The summed E-state index contributed by atoms with van der Waals surface area (Å²) in [5, 5.41) is 0. The Morgan fingerprint density at radius 3 is 1.95 bits per heavy atom. The first-order valence-electron chi connectivity index (χ1n) is 7.09. The molecule has 0 aliphatic heterocycles. The Labute approximate surface area is 130 Å². The maximum Gasteiger partial charge on any atom is 0.0226 e. The van der Waals surface area contributed by atoms with E-state index in [1.807, 2.05) is 11.8 Å². The first-order valence-corrected chi connectivity index (χ1v) is 8.31. The van der Waals surface area contributed by atoms with Gasteiger partial charge in [0.1, 0.15) is 0 Å². The van der Waals surface area contributed by atoms with Crippen LogP contribution in [0.25, 0.3) is 22.3 Å². The summed E-state index contributed by atoms with van der Waals surface area (Å²) >= 11 is 1.82. The van der Waals surface area contributed by atoms with E-state index in [2.05, 4.69) is 86.0 Å². The van der Waals surface area contributed by atoms with Gasteiger partial charge < -0.3 is 0 Å². The van der Waals surface area contributed by atoms with E-state index in [0.29, 0.717) is 0 Å². The Hall–Kier alpha value is -1.99. The fraction of sp³-hybridized carbons (Fsp3) is 0.100. The molecule has 0 unspecified atom stereocenters. The first-order chi connectivity index (χ1) is 10.3. The van der Waals surface area contributed by atoms with E-state index in [1.54, 1.807) is 0 Å². The SMILES string of the molecule is CSc1c(-c2ccccc2)cccc1-c1cccc(C)c1. The molecule has 1 heteroatoms. The van der Waals surface area contributed by atoms with Crippen molar-refractivity contribution in [2.24, 2.45) is 0 Å². The molecule has 0 saturated carbocycles. The van der Waals surface area contributed by atoms with Gasteiger partial charge in [0, 0.05) is 4.90 Å². The predicted molar refractivity (Wildman–Crippen MR) is 93.8 cm³/mol. The van der Waals surface area contributed by atoms with E-state index in [1.165, 1.54) is 32.7 Å². The number of aryl methyl sites for hydroxylation is 1. The van der Waals surface area contributed by atoms with Crippen LogP contribution in [0.2, 0.25) is 0 Å². The zero-order chi connectivity index (χ0) is 14.7. The average molecular weight is 290 g/mol. The predicted octanol–water partition coefficient (Wildman–Crippen LogP) is 6.05. The van der Waals surface area contributed by atoms with Crippen LogP contribution in [0.5, 0.6) is 0 Å². The first kappa shape index (κ1) is 14.0. The smallest absolute Gasteiger partial charge is 0.0226 e. The molecule has 21 heavy (non-hydrogen) atoms. The van der Waals surface area contributed by atoms with Gasteiger partial charge in [-0.3, -0.25) is 0 Å². The van der Waals surface area contributed by atoms with E-state index in [-0.39, 0.29) is 0 Å². The molecule has 0 radical (unpaired) electrons. The summed E-state index contributed by atoms with van der Waals surface area (Å²) in [6.07, 6.45) is 2.15. The summed E-state index contributed by atoms with van der Waals surface area (Å²) in [6, 6.07) is 25.9. The second-order valence-corrected chi connectivity index (χ2v) is 5.94. The van der Waals surface area contributed by atoms with E-state index in [4.69, 9.17) is 0 Å². The molecule has 0 bridgehead atoms. The van der Waals surface area contributed by atoms with Gasteiger partial charge in [0.25, 0.3) is 0 Å². The van der Waals surface area contributed by atoms with Gasteiger partial charge in [-0.05, 0) is 35.4 Å². The largest absolute Gasteiger partial charge is 0.128 e. The highest BCUT2D eigenvalue weighted by molar-refractivity contribution is 7.98. The topological polar surface area (TPSA) is 0 Å². The van der Waals surface area contributed by atoms with Crippen molar-refractivity contribution < 1.29 is 0 Å². The summed E-state index contributed by atoms with van der Waals surface area (Å²) in [4.78, 5) is 1.34. The minimum Gasteiger partial charge on any atom is -0.128 e. The van der Waals surface area contributed by atoms with Crippen LogP contribution in [-0.2, 0) is 0 Å². The van der Waals surface area contributed by atoms with Gasteiger partial charge in [-0.1, -0.05) is 78.4 Å². The highest BCUT2D eigenvalue weighted by Crippen LogP contribution is 2.38. The van der Waals surface area contributed by atoms with Crippen molar-refractivity contribution in [1.82, 2.24) is 0 Å². The number of benzene rings is 3. The minimum absolute atomic E-state index is 1.27. The maximum atomic E-state index is 2.25. The summed E-state index contributed by atoms with van der Waals surface area (Å²) in [5.74, 6) is 0. The monoisotopic (exact) mass is 290 g/mol. The van der Waals surface area contributed by atoms with E-state index >= 15 is 0 Å². The summed E-state index contributed by atoms with van der Waals surface area (Å²) in [5.41, 5.74) is 6.48. The fourth-order valence-electron chi connectivity index (χ4n) is 2.64. The fourth-order valence-corrected chi connectivity index (χ4v) is 3.45. The molecule has 0 saturated heterocycles. The van der Waals surface area contributed by atoms with Crippen molar-refractivity contribution in [3.05, 3.63) is 78.4 Å². The van der Waals surface area contributed by atoms with Gasteiger partial charge in [-0.15, -0.1) is 11.8 Å². The molecule has 0 nitrogen and oxygen atoms in total. The molecular weight excluding hydrogens is 272 g/mol. The Bertz CT molecular complexity index is 745. The third-order valence-corrected chi connectivity index (χ3v) is 4.48. The maximum absolute atomic E-state index is 2.25. The van der Waals surface area contributed by atoms with Gasteiger partial charge in [0.05, 0.1) is 0 Å². The molecule has 0 atom stereocenters. The van der Waals surface area contributed by atoms with E-state index in [0.717, 1.165) is 0 Å². The highest BCUT2D eigenvalue weighted by atomic mass is 32.2. The molecule has 0 aliphatic carbocycles. The average Bonchev–Trinajstić information content (AvgIpc) is 2.55. The number of thioether (sulfide) groups is 1. The normalized spacial score (nSPS) is 10.6. The van der Waals surface area contributed by atoms with Crippen molar-refractivity contribution in [3.8, 4) is 22.3 Å². The standard InChI is InChI=1S/C20H18S/c1-15-8-6-11-17(14-15)19-13-7-12-18(20(19)21-2)16-9-4-3-5-10-16/h3-14H,1-2H3. The van der Waals surface area contributed by atoms with Crippen LogP contribution in [0.1, 0.15) is 5.56 Å². The van der Waals surface area contributed by atoms with E-state index in [9.17, 15) is 0 Å². The summed E-state index contributed by atoms with van der Waals surface area (Å²) in [7, 11) is 0. The Morgan fingerprint density at radius 1 is 0.667 bits per heavy atom. The van der Waals surface area contributed by atoms with Gasteiger partial charge >= 0.3 is 0 Å². The van der Waals surface area contributed by atoms with Crippen molar-refractivity contribution in [2.75, 3.05) is 6.26 Å². The van der Waals surface area contributed by atoms with Gasteiger partial charge in [-0.25, -0.2) is 0 Å². The van der Waals surface area contributed by atoms with Crippen LogP contribution in [0.4, 0.5) is 0 Å². The van der Waals surface area contributed by atoms with Gasteiger partial charge in [0.2, 0.25) is 0 Å². The molecule has 104 valence electrons. The van der Waals surface area contributed by atoms with Crippen molar-refractivity contribution in [1.29, 1.82) is 0 Å².